The number of rotatable bonds is 5. The zero-order valence-corrected chi connectivity index (χ0v) is 11.5. The third kappa shape index (κ3) is 2.50. The Bertz CT molecular complexity index is 729. The summed E-state index contributed by atoms with van der Waals surface area (Å²) in [5, 5.41) is 0. The van der Waals surface area contributed by atoms with Gasteiger partial charge in [0, 0.05) is 0 Å². The third-order valence-electron chi connectivity index (χ3n) is 3.78. The first-order valence-electron chi connectivity index (χ1n) is 6.89. The molecule has 1 aliphatic carbocycles. The fourth-order valence-corrected chi connectivity index (χ4v) is 2.47. The quantitative estimate of drug-likeness (QED) is 0.823. The number of hydrogen-bond donors (Lipinski definition) is 1. The van der Waals surface area contributed by atoms with Crippen molar-refractivity contribution in [3.8, 4) is 0 Å². The van der Waals surface area contributed by atoms with E-state index in [9.17, 15) is 0 Å². The average Bonchev–Trinajstić information content (AvgIpc) is 3.13. The topological polar surface area (TPSA) is 28.7 Å². The number of benzene rings is 1. The van der Waals surface area contributed by atoms with Crippen molar-refractivity contribution in [2.24, 2.45) is 0 Å². The normalized spacial score (nSPS) is 13.7. The lowest BCUT2D eigenvalue weighted by Gasteiger charge is -2.09. The largest absolute Gasteiger partial charge is 0.345 e. The summed E-state index contributed by atoms with van der Waals surface area (Å²) in [7, 11) is 0. The highest BCUT2D eigenvalue weighted by Gasteiger charge is 2.07. The minimum absolute atomic E-state index is 0.937. The summed E-state index contributed by atoms with van der Waals surface area (Å²) in [4.78, 5) is 7.39. The van der Waals surface area contributed by atoms with Gasteiger partial charge in [-0.1, -0.05) is 43.0 Å². The van der Waals surface area contributed by atoms with Gasteiger partial charge >= 0.3 is 0 Å². The zero-order valence-electron chi connectivity index (χ0n) is 11.5. The molecule has 100 valence electrons. The van der Waals surface area contributed by atoms with Crippen LogP contribution in [-0.4, -0.2) is 9.97 Å². The third-order valence-corrected chi connectivity index (χ3v) is 3.78. The van der Waals surface area contributed by atoms with Gasteiger partial charge in [0.15, 0.2) is 0 Å². The maximum Gasteiger partial charge on any atom is 0.0931 e. The van der Waals surface area contributed by atoms with Gasteiger partial charge in [0.2, 0.25) is 0 Å². The highest BCUT2D eigenvalue weighted by atomic mass is 14.9. The molecule has 1 aliphatic rings. The van der Waals surface area contributed by atoms with Crippen LogP contribution < -0.4 is 0 Å². The summed E-state index contributed by atoms with van der Waals surface area (Å²) in [6, 6.07) is 6.25. The number of aromatic amines is 1. The Morgan fingerprint density at radius 3 is 2.85 bits per heavy atom. The molecule has 2 aromatic rings. The number of fused-ring (bicyclic) bond motifs is 1. The summed E-state index contributed by atoms with van der Waals surface area (Å²) in [5.74, 6) is 0. The number of nitrogens with zero attached hydrogens (tertiary/aromatic N) is 1. The first-order chi connectivity index (χ1) is 9.74. The molecule has 0 unspecified atom stereocenters. The van der Waals surface area contributed by atoms with E-state index in [2.05, 4.69) is 59.6 Å². The van der Waals surface area contributed by atoms with Gasteiger partial charge in [-0.15, -0.1) is 0 Å². The second-order valence-electron chi connectivity index (χ2n) is 5.17. The van der Waals surface area contributed by atoms with E-state index in [0.29, 0.717) is 0 Å². The zero-order chi connectivity index (χ0) is 13.9. The fourth-order valence-electron chi connectivity index (χ4n) is 2.47. The number of H-pyrrole nitrogens is 1. The van der Waals surface area contributed by atoms with Crippen molar-refractivity contribution in [2.75, 3.05) is 0 Å². The van der Waals surface area contributed by atoms with Gasteiger partial charge in [0.1, 0.15) is 0 Å². The summed E-state index contributed by atoms with van der Waals surface area (Å²) in [5.41, 5.74) is 6.93. The van der Waals surface area contributed by atoms with Crippen LogP contribution in [0.1, 0.15) is 24.8 Å². The Morgan fingerprint density at radius 1 is 1.20 bits per heavy atom. The van der Waals surface area contributed by atoms with E-state index in [1.807, 2.05) is 0 Å². The van der Waals surface area contributed by atoms with Gasteiger partial charge in [0.25, 0.3) is 0 Å². The van der Waals surface area contributed by atoms with Crippen LogP contribution in [0.5, 0.6) is 0 Å². The molecule has 1 heterocycles. The van der Waals surface area contributed by atoms with Crippen molar-refractivity contribution in [1.82, 2.24) is 9.97 Å². The first-order valence-corrected chi connectivity index (χ1v) is 6.89. The van der Waals surface area contributed by atoms with E-state index in [0.717, 1.165) is 41.4 Å². The SMILES string of the molecule is C=C(CCC(=C)c1ccc2[nH]cnc2c1)C1=CC=CC1. The molecule has 2 heteroatoms. The van der Waals surface area contributed by atoms with Gasteiger partial charge < -0.3 is 4.98 Å². The number of hydrogen-bond acceptors (Lipinski definition) is 1. The average molecular weight is 262 g/mol. The maximum atomic E-state index is 4.29. The minimum atomic E-state index is 0.937. The molecule has 0 saturated heterocycles. The predicted molar refractivity (Wildman–Crippen MR) is 85.3 cm³/mol. The molecule has 1 N–H and O–H groups in total. The van der Waals surface area contributed by atoms with Crippen LogP contribution in [0.15, 0.2) is 67.1 Å². The predicted octanol–water partition coefficient (Wildman–Crippen LogP) is 4.80. The molecule has 2 nitrogen and oxygen atoms in total. The van der Waals surface area contributed by atoms with Gasteiger partial charge in [0.05, 0.1) is 17.4 Å². The Hall–Kier alpha value is -2.35. The Labute approximate surface area is 119 Å². The Balaban J connectivity index is 1.65. The molecule has 0 atom stereocenters. The summed E-state index contributed by atoms with van der Waals surface area (Å²) in [6.45, 7) is 8.38. The smallest absolute Gasteiger partial charge is 0.0931 e. The number of aromatic nitrogens is 2. The van der Waals surface area contributed by atoms with Gasteiger partial charge in [-0.25, -0.2) is 4.98 Å². The second-order valence-corrected chi connectivity index (χ2v) is 5.17. The van der Waals surface area contributed by atoms with Crippen molar-refractivity contribution < 1.29 is 0 Å². The molecule has 1 aromatic heterocycles. The van der Waals surface area contributed by atoms with Crippen LogP contribution in [0.4, 0.5) is 0 Å². The maximum absolute atomic E-state index is 4.29. The van der Waals surface area contributed by atoms with Crippen molar-refractivity contribution in [3.63, 3.8) is 0 Å². The van der Waals surface area contributed by atoms with E-state index >= 15 is 0 Å². The van der Waals surface area contributed by atoms with E-state index in [4.69, 9.17) is 0 Å². The van der Waals surface area contributed by atoms with Gasteiger partial charge in [-0.3, -0.25) is 0 Å². The molecular formula is C18H18N2. The molecule has 0 amide bonds. The number of nitrogens with one attached hydrogen (secondary N) is 1. The summed E-state index contributed by atoms with van der Waals surface area (Å²) >= 11 is 0. The summed E-state index contributed by atoms with van der Waals surface area (Å²) in [6.07, 6.45) is 11.1. The highest BCUT2D eigenvalue weighted by molar-refractivity contribution is 5.80. The van der Waals surface area contributed by atoms with Crippen LogP contribution in [-0.2, 0) is 0 Å². The van der Waals surface area contributed by atoms with E-state index in [1.165, 1.54) is 11.1 Å². The molecule has 0 fully saturated rings. The van der Waals surface area contributed by atoms with E-state index < -0.39 is 0 Å². The molecule has 1 aromatic carbocycles. The first kappa shape index (κ1) is 12.7. The van der Waals surface area contributed by atoms with Crippen LogP contribution in [0.25, 0.3) is 16.6 Å². The van der Waals surface area contributed by atoms with Crippen molar-refractivity contribution >= 4 is 16.6 Å². The van der Waals surface area contributed by atoms with Crippen LogP contribution in [0, 0.1) is 0 Å². The lowest BCUT2D eigenvalue weighted by Crippen LogP contribution is -1.89. The lowest BCUT2D eigenvalue weighted by atomic mass is 9.96. The fraction of sp³-hybridized carbons (Fsp3) is 0.167. The van der Waals surface area contributed by atoms with E-state index in [1.54, 1.807) is 6.33 Å². The van der Waals surface area contributed by atoms with E-state index in [-0.39, 0.29) is 0 Å². The van der Waals surface area contributed by atoms with Crippen molar-refractivity contribution in [3.05, 3.63) is 72.6 Å². The highest BCUT2D eigenvalue weighted by Crippen LogP contribution is 2.27. The van der Waals surface area contributed by atoms with Gasteiger partial charge in [-0.2, -0.15) is 0 Å². The summed E-state index contributed by atoms with van der Waals surface area (Å²) < 4.78 is 0. The molecule has 0 spiro atoms. The lowest BCUT2D eigenvalue weighted by molar-refractivity contribution is 0.994. The molecule has 3 rings (SSSR count). The Morgan fingerprint density at radius 2 is 2.05 bits per heavy atom. The molecule has 20 heavy (non-hydrogen) atoms. The Kier molecular flexibility index (Phi) is 3.38. The number of imidazole rings is 1. The van der Waals surface area contributed by atoms with Crippen LogP contribution >= 0.6 is 0 Å². The van der Waals surface area contributed by atoms with Crippen LogP contribution in [0.3, 0.4) is 0 Å². The second kappa shape index (κ2) is 5.33. The minimum Gasteiger partial charge on any atom is -0.345 e. The standard InChI is InChI=1S/C18H18N2/c1-13(15-5-3-4-6-15)7-8-14(2)16-9-10-17-18(11-16)20-12-19-17/h3-5,9-12H,1-2,6-8H2,(H,19,20). The molecule has 0 aliphatic heterocycles. The molecular weight excluding hydrogens is 244 g/mol. The van der Waals surface area contributed by atoms with Crippen LogP contribution in [0.2, 0.25) is 0 Å². The molecule has 0 saturated carbocycles. The van der Waals surface area contributed by atoms with Crippen molar-refractivity contribution in [2.45, 2.75) is 19.3 Å². The van der Waals surface area contributed by atoms with Crippen molar-refractivity contribution in [1.29, 1.82) is 0 Å². The monoisotopic (exact) mass is 262 g/mol. The number of allylic oxidation sites excluding steroid dienone is 6. The molecule has 0 radical (unpaired) electrons. The molecule has 0 bridgehead atoms. The van der Waals surface area contributed by atoms with Gasteiger partial charge in [-0.05, 0) is 48.1 Å².